The minimum atomic E-state index is -0.531. The van der Waals surface area contributed by atoms with Crippen molar-refractivity contribution in [2.45, 2.75) is 64.2 Å². The van der Waals surface area contributed by atoms with Crippen LogP contribution < -0.4 is 0 Å². The van der Waals surface area contributed by atoms with Gasteiger partial charge in [0.05, 0.1) is 5.41 Å². The molecule has 3 heteroatoms. The molecule has 1 N–H and O–H groups in total. The second-order valence-electron chi connectivity index (χ2n) is 7.43. The summed E-state index contributed by atoms with van der Waals surface area (Å²) in [5.74, 6) is 0.796. The van der Waals surface area contributed by atoms with Crippen LogP contribution in [0.25, 0.3) is 0 Å². The second kappa shape index (κ2) is 6.05. The maximum Gasteiger partial charge on any atom is 0.311 e. The minimum Gasteiger partial charge on any atom is -0.481 e. The van der Waals surface area contributed by atoms with Crippen LogP contribution in [0.2, 0.25) is 0 Å². The molecule has 1 aliphatic heterocycles. The Hall–Kier alpha value is -0.570. The third-order valence-corrected chi connectivity index (χ3v) is 6.20. The van der Waals surface area contributed by atoms with E-state index in [-0.39, 0.29) is 5.41 Å². The van der Waals surface area contributed by atoms with Gasteiger partial charge in [-0.2, -0.15) is 0 Å². The number of rotatable bonds is 4. The Kier molecular flexibility index (Phi) is 4.34. The number of nitrogens with zero attached hydrogens (tertiary/aromatic N) is 1. The van der Waals surface area contributed by atoms with Gasteiger partial charge in [-0.15, -0.1) is 0 Å². The van der Waals surface area contributed by atoms with Crippen molar-refractivity contribution in [3.05, 3.63) is 0 Å². The first-order valence-electron chi connectivity index (χ1n) is 8.66. The molecule has 114 valence electrons. The van der Waals surface area contributed by atoms with E-state index in [1.165, 1.54) is 44.9 Å². The molecule has 1 heterocycles. The van der Waals surface area contributed by atoms with Gasteiger partial charge in [0.25, 0.3) is 0 Å². The molecule has 0 amide bonds. The highest BCUT2D eigenvalue weighted by atomic mass is 16.4. The van der Waals surface area contributed by atoms with E-state index in [2.05, 4.69) is 4.90 Å². The molecule has 2 aliphatic carbocycles. The fourth-order valence-corrected chi connectivity index (χ4v) is 4.93. The third kappa shape index (κ3) is 2.74. The van der Waals surface area contributed by atoms with Crippen molar-refractivity contribution >= 4 is 5.97 Å². The molecule has 3 rings (SSSR count). The third-order valence-electron chi connectivity index (χ3n) is 6.20. The van der Waals surface area contributed by atoms with Crippen molar-refractivity contribution in [2.24, 2.45) is 17.3 Å². The predicted octanol–water partition coefficient (Wildman–Crippen LogP) is 3.53. The lowest BCUT2D eigenvalue weighted by Gasteiger charge is -2.24. The molecule has 3 fully saturated rings. The molecular weight excluding hydrogens is 250 g/mol. The number of carboxylic acid groups (broad SMARTS) is 1. The van der Waals surface area contributed by atoms with Gasteiger partial charge in [-0.25, -0.2) is 0 Å². The summed E-state index contributed by atoms with van der Waals surface area (Å²) in [4.78, 5) is 14.1. The molecule has 0 aromatic carbocycles. The van der Waals surface area contributed by atoms with Crippen LogP contribution >= 0.6 is 0 Å². The number of hydrogen-bond donors (Lipinski definition) is 1. The zero-order valence-electron chi connectivity index (χ0n) is 12.6. The molecule has 0 bridgehead atoms. The van der Waals surface area contributed by atoms with E-state index in [0.29, 0.717) is 5.92 Å². The normalized spacial score (nSPS) is 35.9. The second-order valence-corrected chi connectivity index (χ2v) is 7.43. The van der Waals surface area contributed by atoms with Gasteiger partial charge in [-0.1, -0.05) is 44.9 Å². The Labute approximate surface area is 122 Å². The molecule has 3 nitrogen and oxygen atoms in total. The summed E-state index contributed by atoms with van der Waals surface area (Å²) in [6.45, 7) is 2.99. The topological polar surface area (TPSA) is 40.5 Å². The molecule has 2 saturated carbocycles. The maximum absolute atomic E-state index is 11.7. The Morgan fingerprint density at radius 3 is 2.50 bits per heavy atom. The van der Waals surface area contributed by atoms with Crippen LogP contribution in [0.1, 0.15) is 64.2 Å². The standard InChI is InChI=1S/C17H29NO2/c19-16(20)17-10-5-8-15(17)12-18(13-17)11-9-14-6-3-1-2-4-7-14/h14-15H,1-13H2,(H,19,20)/t15-,17+/m0/s1. The van der Waals surface area contributed by atoms with Crippen LogP contribution in [0.5, 0.6) is 0 Å². The van der Waals surface area contributed by atoms with E-state index >= 15 is 0 Å². The van der Waals surface area contributed by atoms with E-state index in [1.54, 1.807) is 0 Å². The first-order valence-corrected chi connectivity index (χ1v) is 8.66. The molecule has 0 aromatic heterocycles. The number of carboxylic acids is 1. The SMILES string of the molecule is O=C(O)[C@@]12CCC[C@H]1CN(CCC1CCCCCC1)C2. The number of likely N-dealkylation sites (tertiary alicyclic amines) is 1. The fraction of sp³-hybridized carbons (Fsp3) is 0.941. The zero-order valence-corrected chi connectivity index (χ0v) is 12.6. The average Bonchev–Trinajstić information content (AvgIpc) is 2.85. The monoisotopic (exact) mass is 279 g/mol. The van der Waals surface area contributed by atoms with Crippen LogP contribution in [0.3, 0.4) is 0 Å². The molecule has 0 unspecified atom stereocenters. The summed E-state index contributed by atoms with van der Waals surface area (Å²) in [5.41, 5.74) is -0.385. The molecule has 0 radical (unpaired) electrons. The average molecular weight is 279 g/mol. The van der Waals surface area contributed by atoms with Crippen LogP contribution in [-0.4, -0.2) is 35.6 Å². The van der Waals surface area contributed by atoms with Gasteiger partial charge in [0.2, 0.25) is 0 Å². The predicted molar refractivity (Wildman–Crippen MR) is 79.7 cm³/mol. The first-order chi connectivity index (χ1) is 9.71. The highest BCUT2D eigenvalue weighted by molar-refractivity contribution is 5.76. The number of aliphatic carboxylic acids is 1. The van der Waals surface area contributed by atoms with E-state index in [0.717, 1.165) is 44.8 Å². The van der Waals surface area contributed by atoms with Gasteiger partial charge in [-0.3, -0.25) is 4.79 Å². The van der Waals surface area contributed by atoms with Crippen LogP contribution in [0.4, 0.5) is 0 Å². The minimum absolute atomic E-state index is 0.385. The highest BCUT2D eigenvalue weighted by Gasteiger charge is 2.54. The molecule has 0 aromatic rings. The van der Waals surface area contributed by atoms with Gasteiger partial charge in [0, 0.05) is 13.1 Å². The number of fused-ring (bicyclic) bond motifs is 1. The Morgan fingerprint density at radius 2 is 1.85 bits per heavy atom. The van der Waals surface area contributed by atoms with Crippen molar-refractivity contribution in [1.29, 1.82) is 0 Å². The molecule has 0 spiro atoms. The summed E-state index contributed by atoms with van der Waals surface area (Å²) in [7, 11) is 0. The summed E-state index contributed by atoms with van der Waals surface area (Å²) in [6.07, 6.45) is 12.9. The molecule has 2 atom stereocenters. The van der Waals surface area contributed by atoms with Crippen molar-refractivity contribution in [1.82, 2.24) is 4.90 Å². The van der Waals surface area contributed by atoms with Gasteiger partial charge in [0.15, 0.2) is 0 Å². The van der Waals surface area contributed by atoms with Crippen molar-refractivity contribution in [2.75, 3.05) is 19.6 Å². The van der Waals surface area contributed by atoms with Gasteiger partial charge in [0.1, 0.15) is 0 Å². The first kappa shape index (κ1) is 14.4. The Balaban J connectivity index is 1.51. The van der Waals surface area contributed by atoms with Gasteiger partial charge in [-0.05, 0) is 37.6 Å². The van der Waals surface area contributed by atoms with Crippen LogP contribution in [0.15, 0.2) is 0 Å². The van der Waals surface area contributed by atoms with Gasteiger partial charge < -0.3 is 10.0 Å². The Morgan fingerprint density at radius 1 is 1.10 bits per heavy atom. The summed E-state index contributed by atoms with van der Waals surface area (Å²) in [6, 6.07) is 0. The highest BCUT2D eigenvalue weighted by Crippen LogP contribution is 2.49. The van der Waals surface area contributed by atoms with E-state index in [9.17, 15) is 9.90 Å². The number of carbonyl (C=O) groups is 1. The van der Waals surface area contributed by atoms with Crippen molar-refractivity contribution in [3.8, 4) is 0 Å². The summed E-state index contributed by atoms with van der Waals surface area (Å²) < 4.78 is 0. The molecule has 20 heavy (non-hydrogen) atoms. The van der Waals surface area contributed by atoms with E-state index < -0.39 is 5.97 Å². The lowest BCUT2D eigenvalue weighted by atomic mass is 9.81. The van der Waals surface area contributed by atoms with Gasteiger partial charge >= 0.3 is 5.97 Å². The Bertz CT molecular complexity index is 349. The lowest BCUT2D eigenvalue weighted by molar-refractivity contribution is -0.149. The maximum atomic E-state index is 11.7. The molecule has 3 aliphatic rings. The smallest absolute Gasteiger partial charge is 0.311 e. The fourth-order valence-electron chi connectivity index (χ4n) is 4.93. The van der Waals surface area contributed by atoms with E-state index in [4.69, 9.17) is 0 Å². The van der Waals surface area contributed by atoms with Crippen molar-refractivity contribution < 1.29 is 9.90 Å². The molecular formula is C17H29NO2. The molecule has 1 saturated heterocycles. The number of hydrogen-bond acceptors (Lipinski definition) is 2. The zero-order chi connectivity index (χ0) is 14.0. The summed E-state index contributed by atoms with van der Waals surface area (Å²) >= 11 is 0. The quantitative estimate of drug-likeness (QED) is 0.800. The van der Waals surface area contributed by atoms with E-state index in [1.807, 2.05) is 0 Å². The summed E-state index contributed by atoms with van der Waals surface area (Å²) in [5, 5.41) is 9.62. The largest absolute Gasteiger partial charge is 0.481 e. The lowest BCUT2D eigenvalue weighted by Crippen LogP contribution is -2.36. The van der Waals surface area contributed by atoms with Crippen LogP contribution in [0, 0.1) is 17.3 Å². The van der Waals surface area contributed by atoms with Crippen LogP contribution in [-0.2, 0) is 4.79 Å². The van der Waals surface area contributed by atoms with Crippen molar-refractivity contribution in [3.63, 3.8) is 0 Å².